The summed E-state index contributed by atoms with van der Waals surface area (Å²) < 4.78 is 0. The van der Waals surface area contributed by atoms with Crippen molar-refractivity contribution >= 4 is 71.1 Å². The summed E-state index contributed by atoms with van der Waals surface area (Å²) in [4.78, 5) is 151. The minimum atomic E-state index is -1.85. The number of H-pyrrole nitrogens is 1. The van der Waals surface area contributed by atoms with E-state index in [4.69, 9.17) is 28.7 Å². The SMILES string of the molecule is CCC(C)[C@H](NC(=O)[C@H](CCCN=C(N)N)NC(=O)CNC(=O)[C@@H](NC(=O)[C@@H](NC(=O)[C@H](Cc1cnc[nH]1)NC(=O)[C@H](CCc1ccccc1)NC(=O)[C@H](C)NC(=O)[C@@H](N)CCCN=C(N)N)[C@@H](C)O)[C@@H](C)O)C(=O)N[C@@H](CC1CCCCC1)C(=O)O. The second kappa shape index (κ2) is 37.9. The highest BCUT2D eigenvalue weighted by molar-refractivity contribution is 5.98. The zero-order valence-corrected chi connectivity index (χ0v) is 50.2. The van der Waals surface area contributed by atoms with Crippen molar-refractivity contribution in [1.29, 1.82) is 0 Å². The van der Waals surface area contributed by atoms with E-state index in [1.165, 1.54) is 19.4 Å². The largest absolute Gasteiger partial charge is 0.480 e. The summed E-state index contributed by atoms with van der Waals surface area (Å²) in [6.45, 7) is 6.60. The van der Waals surface area contributed by atoms with Crippen molar-refractivity contribution in [3.63, 3.8) is 0 Å². The van der Waals surface area contributed by atoms with Crippen molar-refractivity contribution in [1.82, 2.24) is 57.8 Å². The zero-order chi connectivity index (χ0) is 64.8. The van der Waals surface area contributed by atoms with Gasteiger partial charge in [-0.1, -0.05) is 82.7 Å². The van der Waals surface area contributed by atoms with E-state index < -0.39 is 138 Å². The van der Waals surface area contributed by atoms with E-state index in [1.807, 2.05) is 12.1 Å². The summed E-state index contributed by atoms with van der Waals surface area (Å²) >= 11 is 0. The first kappa shape index (κ1) is 72.8. The fourth-order valence-electron chi connectivity index (χ4n) is 9.45. The summed E-state index contributed by atoms with van der Waals surface area (Å²) in [6.07, 6.45) is 5.26. The lowest BCUT2D eigenvalue weighted by atomic mass is 9.84. The first-order chi connectivity index (χ1) is 41.2. The van der Waals surface area contributed by atoms with Crippen molar-refractivity contribution in [2.24, 2.45) is 50.5 Å². The van der Waals surface area contributed by atoms with Crippen LogP contribution < -0.4 is 76.5 Å². The minimum Gasteiger partial charge on any atom is -0.480 e. The number of carboxylic acid groups (broad SMARTS) is 1. The molecule has 1 aliphatic carbocycles. The fourth-order valence-corrected chi connectivity index (χ4v) is 9.45. The Morgan fingerprint density at radius 1 is 0.621 bits per heavy atom. The Bertz CT molecular complexity index is 2610. The average Bonchev–Trinajstić information content (AvgIpc) is 4.19. The number of aromatic amines is 1. The van der Waals surface area contributed by atoms with E-state index in [-0.39, 0.29) is 75.9 Å². The highest BCUT2D eigenvalue weighted by Crippen LogP contribution is 2.27. The molecule has 12 atom stereocenters. The molecule has 23 N–H and O–H groups in total. The third kappa shape index (κ3) is 26.8. The maximum absolute atomic E-state index is 14.3. The topological polar surface area (TPSA) is 523 Å². The van der Waals surface area contributed by atoms with Crippen LogP contribution in [0.5, 0.6) is 0 Å². The number of aryl methyl sites for hydroxylation is 1. The third-order valence-electron chi connectivity index (χ3n) is 14.7. The van der Waals surface area contributed by atoms with Crippen LogP contribution in [-0.2, 0) is 60.8 Å². The molecule has 1 saturated carbocycles. The molecular formula is C56H92N18O13. The molecule has 9 amide bonds. The molecule has 3 rings (SSSR count). The number of carbonyl (C=O) groups excluding carboxylic acids is 9. The van der Waals surface area contributed by atoms with Gasteiger partial charge in [-0.2, -0.15) is 0 Å². The van der Waals surface area contributed by atoms with Gasteiger partial charge in [0.2, 0.25) is 53.2 Å². The van der Waals surface area contributed by atoms with Gasteiger partial charge in [0.15, 0.2) is 11.9 Å². The highest BCUT2D eigenvalue weighted by Gasteiger charge is 2.37. The van der Waals surface area contributed by atoms with Crippen LogP contribution in [0, 0.1) is 11.8 Å². The first-order valence-electron chi connectivity index (χ1n) is 29.4. The number of aliphatic imine (C=N–C) groups is 2. The maximum atomic E-state index is 14.3. The van der Waals surface area contributed by atoms with E-state index in [1.54, 1.807) is 32.0 Å². The molecule has 1 aliphatic rings. The fraction of sp³-hybridized carbons (Fsp3) is 0.625. The quantitative estimate of drug-likeness (QED) is 0.0173. The van der Waals surface area contributed by atoms with Crippen molar-refractivity contribution < 1.29 is 63.3 Å². The Kier molecular flexibility index (Phi) is 31.7. The third-order valence-corrected chi connectivity index (χ3v) is 14.7. The monoisotopic (exact) mass is 1220 g/mol. The van der Waals surface area contributed by atoms with Crippen LogP contribution in [0.1, 0.15) is 123 Å². The number of rotatable bonds is 38. The van der Waals surface area contributed by atoms with Gasteiger partial charge in [0, 0.05) is 31.4 Å². The second-order valence-corrected chi connectivity index (χ2v) is 22.0. The molecule has 1 aromatic carbocycles. The number of nitrogens with one attached hydrogen (secondary N) is 10. The lowest BCUT2D eigenvalue weighted by Gasteiger charge is -2.29. The molecule has 31 nitrogen and oxygen atoms in total. The molecule has 87 heavy (non-hydrogen) atoms. The molecule has 1 fully saturated rings. The van der Waals surface area contributed by atoms with E-state index in [0.29, 0.717) is 18.5 Å². The predicted octanol–water partition coefficient (Wildman–Crippen LogP) is -4.10. The lowest BCUT2D eigenvalue weighted by molar-refractivity contribution is -0.143. The zero-order valence-electron chi connectivity index (χ0n) is 50.2. The van der Waals surface area contributed by atoms with Gasteiger partial charge in [0.25, 0.3) is 0 Å². The van der Waals surface area contributed by atoms with Crippen molar-refractivity contribution in [2.45, 2.75) is 191 Å². The number of aromatic nitrogens is 2. The number of aliphatic carboxylic acids is 1. The molecule has 1 aromatic heterocycles. The molecule has 1 heterocycles. The van der Waals surface area contributed by atoms with Crippen molar-refractivity contribution in [3.8, 4) is 0 Å². The number of carbonyl (C=O) groups is 10. The predicted molar refractivity (Wildman–Crippen MR) is 321 cm³/mol. The number of aliphatic hydroxyl groups excluding tert-OH is 2. The summed E-state index contributed by atoms with van der Waals surface area (Å²) in [5.74, 6) is -10.0. The highest BCUT2D eigenvalue weighted by atomic mass is 16.4. The van der Waals surface area contributed by atoms with Crippen LogP contribution in [0.3, 0.4) is 0 Å². The Hall–Kier alpha value is -8.45. The van der Waals surface area contributed by atoms with E-state index in [2.05, 4.69) is 67.8 Å². The molecule has 0 aliphatic heterocycles. The number of hydrogen-bond donors (Lipinski definition) is 18. The van der Waals surface area contributed by atoms with E-state index >= 15 is 0 Å². The van der Waals surface area contributed by atoms with Gasteiger partial charge in [-0.15, -0.1) is 0 Å². The number of hydrogen-bond acceptors (Lipinski definition) is 16. The van der Waals surface area contributed by atoms with E-state index in [0.717, 1.165) is 51.5 Å². The van der Waals surface area contributed by atoms with Gasteiger partial charge < -0.3 is 96.8 Å². The Morgan fingerprint density at radius 2 is 1.15 bits per heavy atom. The van der Waals surface area contributed by atoms with Crippen LogP contribution >= 0.6 is 0 Å². The summed E-state index contributed by atoms with van der Waals surface area (Å²) in [7, 11) is 0. The second-order valence-electron chi connectivity index (χ2n) is 22.0. The average molecular weight is 1230 g/mol. The molecule has 0 saturated heterocycles. The summed E-state index contributed by atoms with van der Waals surface area (Å²) in [6, 6.07) is -3.51. The number of carboxylic acids is 1. The molecular weight excluding hydrogens is 1130 g/mol. The molecule has 484 valence electrons. The number of benzene rings is 1. The Morgan fingerprint density at radius 3 is 1.72 bits per heavy atom. The van der Waals surface area contributed by atoms with Crippen LogP contribution in [0.4, 0.5) is 0 Å². The van der Waals surface area contributed by atoms with Crippen LogP contribution in [0.2, 0.25) is 0 Å². The number of guanidine groups is 2. The molecule has 2 aromatic rings. The van der Waals surface area contributed by atoms with Gasteiger partial charge in [-0.3, -0.25) is 53.1 Å². The summed E-state index contributed by atoms with van der Waals surface area (Å²) in [5, 5.41) is 54.2. The standard InChI is InChI=1S/C56H92N18O13/c1-6-30(2)43(52(84)71-41(54(86)87)25-35-17-11-8-12-18-35)72-49(81)38(20-14-24-64-56(60)61)68-42(77)28-65-51(83)44(32(4)75)74-53(85)45(33(5)76)73-50(82)40(26-36-27-62-29-66-36)70-48(80)39(22-21-34-15-9-7-10-16-34)69-46(78)31(3)67-47(79)37(57)19-13-23-63-55(58)59/h7,9-10,15-16,27,29-33,35,37-41,43-45,75-76H,6,8,11-14,17-26,28,57H2,1-5H3,(H,62,66)(H,65,83)(H,67,79)(H,68,77)(H,69,78)(H,70,80)(H,71,84)(H,72,81)(H,73,82)(H,74,85)(H,86,87)(H4,58,59,63)(H4,60,61,64)/t30?,31-,32+,33+,37-,38-,39-,40-,41-,43-,44-,45-/m0/s1. The smallest absolute Gasteiger partial charge is 0.326 e. The van der Waals surface area contributed by atoms with Gasteiger partial charge in [0.1, 0.15) is 48.3 Å². The summed E-state index contributed by atoms with van der Waals surface area (Å²) in [5.41, 5.74) is 28.8. The van der Waals surface area contributed by atoms with Crippen LogP contribution in [-0.4, -0.2) is 183 Å². The van der Waals surface area contributed by atoms with E-state index in [9.17, 15) is 63.3 Å². The molecule has 31 heteroatoms. The number of aliphatic hydroxyl groups is 2. The van der Waals surface area contributed by atoms with Crippen molar-refractivity contribution in [3.05, 3.63) is 54.1 Å². The maximum Gasteiger partial charge on any atom is 0.326 e. The molecule has 0 bridgehead atoms. The Balaban J connectivity index is 1.77. The number of nitrogens with two attached hydrogens (primary N) is 5. The van der Waals surface area contributed by atoms with Gasteiger partial charge in [-0.05, 0) is 83.1 Å². The van der Waals surface area contributed by atoms with Crippen LogP contribution in [0.15, 0.2) is 52.8 Å². The van der Waals surface area contributed by atoms with Gasteiger partial charge >= 0.3 is 5.97 Å². The Labute approximate surface area is 506 Å². The normalized spacial score (nSPS) is 16.5. The number of imidazole rings is 1. The van der Waals surface area contributed by atoms with Crippen LogP contribution in [0.25, 0.3) is 0 Å². The lowest BCUT2D eigenvalue weighted by Crippen LogP contribution is -2.62. The van der Waals surface area contributed by atoms with Gasteiger partial charge in [0.05, 0.1) is 31.1 Å². The van der Waals surface area contributed by atoms with Crippen molar-refractivity contribution in [2.75, 3.05) is 19.6 Å². The number of nitrogens with zero attached hydrogens (tertiary/aromatic N) is 3. The molecule has 1 unspecified atom stereocenters. The molecule has 0 radical (unpaired) electrons. The first-order valence-corrected chi connectivity index (χ1v) is 29.4. The molecule has 0 spiro atoms. The minimum absolute atomic E-state index is 0.00177. The van der Waals surface area contributed by atoms with Gasteiger partial charge in [-0.25, -0.2) is 9.78 Å². The number of amides is 9.